The summed E-state index contributed by atoms with van der Waals surface area (Å²) in [7, 11) is 0. The van der Waals surface area contributed by atoms with Crippen LogP contribution in [0.2, 0.25) is 0 Å². The molecule has 1 atom stereocenters. The zero-order valence-electron chi connectivity index (χ0n) is 16.0. The van der Waals surface area contributed by atoms with Gasteiger partial charge in [0.2, 0.25) is 0 Å². The summed E-state index contributed by atoms with van der Waals surface area (Å²) in [6.45, 7) is 4.08. The van der Waals surface area contributed by atoms with Crippen molar-refractivity contribution in [2.75, 3.05) is 13.2 Å². The fourth-order valence-electron chi connectivity index (χ4n) is 3.12. The Balaban J connectivity index is 1.66. The molecule has 0 spiro atoms. The number of hydrogen-bond donors (Lipinski definition) is 1. The Kier molecular flexibility index (Phi) is 6.27. The van der Waals surface area contributed by atoms with Crippen LogP contribution >= 0.6 is 0 Å². The van der Waals surface area contributed by atoms with Gasteiger partial charge in [0.1, 0.15) is 6.29 Å². The summed E-state index contributed by atoms with van der Waals surface area (Å²) < 4.78 is 11.1. The number of fused-ring (bicyclic) bond motifs is 1. The van der Waals surface area contributed by atoms with Crippen molar-refractivity contribution in [3.63, 3.8) is 0 Å². The quantitative estimate of drug-likeness (QED) is 0.594. The molecule has 0 saturated heterocycles. The number of aldehydes is 1. The van der Waals surface area contributed by atoms with Crippen LogP contribution in [0.3, 0.4) is 0 Å². The minimum atomic E-state index is -0.234. The SMILES string of the molecule is CCOc1cc(C=O)ccc1OCC(=O)N[C@H](C)c1cccc2ccccc12. The summed E-state index contributed by atoms with van der Waals surface area (Å²) in [4.78, 5) is 23.3. The second kappa shape index (κ2) is 9.04. The van der Waals surface area contributed by atoms with E-state index in [9.17, 15) is 9.59 Å². The van der Waals surface area contributed by atoms with Crippen LogP contribution in [0.4, 0.5) is 0 Å². The van der Waals surface area contributed by atoms with Crippen LogP contribution in [0.1, 0.15) is 35.8 Å². The van der Waals surface area contributed by atoms with Gasteiger partial charge in [-0.15, -0.1) is 0 Å². The molecule has 0 aliphatic rings. The first-order valence-electron chi connectivity index (χ1n) is 9.24. The number of amides is 1. The van der Waals surface area contributed by atoms with Crippen LogP contribution in [0, 0.1) is 0 Å². The summed E-state index contributed by atoms with van der Waals surface area (Å²) in [5, 5.41) is 5.22. The van der Waals surface area contributed by atoms with E-state index in [0.29, 0.717) is 23.7 Å². The monoisotopic (exact) mass is 377 g/mol. The number of benzene rings is 3. The molecule has 1 N–H and O–H groups in total. The van der Waals surface area contributed by atoms with Crippen LogP contribution in [0.25, 0.3) is 10.8 Å². The van der Waals surface area contributed by atoms with E-state index in [1.54, 1.807) is 18.2 Å². The second-order valence-electron chi connectivity index (χ2n) is 6.40. The Morgan fingerprint density at radius 1 is 1.04 bits per heavy atom. The second-order valence-corrected chi connectivity index (χ2v) is 6.40. The van der Waals surface area contributed by atoms with Crippen molar-refractivity contribution in [3.8, 4) is 11.5 Å². The molecular weight excluding hydrogens is 354 g/mol. The minimum Gasteiger partial charge on any atom is -0.490 e. The predicted octanol–water partition coefficient (Wildman–Crippen LogP) is 4.31. The van der Waals surface area contributed by atoms with E-state index in [0.717, 1.165) is 22.6 Å². The molecule has 3 rings (SSSR count). The topological polar surface area (TPSA) is 64.6 Å². The molecule has 5 heteroatoms. The van der Waals surface area contributed by atoms with E-state index in [1.165, 1.54) is 0 Å². The molecule has 0 unspecified atom stereocenters. The number of rotatable bonds is 8. The van der Waals surface area contributed by atoms with E-state index in [-0.39, 0.29) is 18.6 Å². The summed E-state index contributed by atoms with van der Waals surface area (Å²) >= 11 is 0. The standard InChI is InChI=1S/C23H23NO4/c1-3-27-22-13-17(14-25)11-12-21(22)28-15-23(26)24-16(2)19-10-6-8-18-7-4-5-9-20(18)19/h4-14,16H,3,15H2,1-2H3,(H,24,26)/t16-/m1/s1. The van der Waals surface area contributed by atoms with Crippen LogP contribution in [-0.4, -0.2) is 25.4 Å². The van der Waals surface area contributed by atoms with E-state index in [2.05, 4.69) is 17.4 Å². The molecule has 144 valence electrons. The minimum absolute atomic E-state index is 0.143. The molecule has 0 heterocycles. The van der Waals surface area contributed by atoms with Gasteiger partial charge in [0, 0.05) is 5.56 Å². The third kappa shape index (κ3) is 4.49. The molecule has 0 saturated carbocycles. The van der Waals surface area contributed by atoms with Gasteiger partial charge < -0.3 is 14.8 Å². The largest absolute Gasteiger partial charge is 0.490 e. The Labute approximate surface area is 164 Å². The third-order valence-corrected chi connectivity index (χ3v) is 4.43. The van der Waals surface area contributed by atoms with Gasteiger partial charge in [-0.25, -0.2) is 0 Å². The highest BCUT2D eigenvalue weighted by atomic mass is 16.5. The fourth-order valence-corrected chi connectivity index (χ4v) is 3.12. The van der Waals surface area contributed by atoms with Gasteiger partial charge in [-0.1, -0.05) is 42.5 Å². The van der Waals surface area contributed by atoms with E-state index in [1.807, 2.05) is 44.2 Å². The molecule has 0 radical (unpaired) electrons. The van der Waals surface area contributed by atoms with Gasteiger partial charge >= 0.3 is 0 Å². The Morgan fingerprint density at radius 3 is 2.61 bits per heavy atom. The van der Waals surface area contributed by atoms with Crippen molar-refractivity contribution in [2.24, 2.45) is 0 Å². The molecule has 0 aliphatic heterocycles. The Morgan fingerprint density at radius 2 is 1.82 bits per heavy atom. The van der Waals surface area contributed by atoms with Crippen molar-refractivity contribution >= 4 is 23.0 Å². The maximum absolute atomic E-state index is 12.4. The Bertz CT molecular complexity index is 978. The first-order valence-corrected chi connectivity index (χ1v) is 9.24. The highest BCUT2D eigenvalue weighted by Crippen LogP contribution is 2.28. The molecule has 28 heavy (non-hydrogen) atoms. The molecule has 0 aromatic heterocycles. The fraction of sp³-hybridized carbons (Fsp3) is 0.217. The number of nitrogens with one attached hydrogen (secondary N) is 1. The lowest BCUT2D eigenvalue weighted by Crippen LogP contribution is -2.31. The van der Waals surface area contributed by atoms with Crippen LogP contribution < -0.4 is 14.8 Å². The normalized spacial score (nSPS) is 11.6. The average molecular weight is 377 g/mol. The van der Waals surface area contributed by atoms with Crippen molar-refractivity contribution in [1.82, 2.24) is 5.32 Å². The van der Waals surface area contributed by atoms with Gasteiger partial charge in [-0.3, -0.25) is 9.59 Å². The third-order valence-electron chi connectivity index (χ3n) is 4.43. The molecule has 1 amide bonds. The van der Waals surface area contributed by atoms with Gasteiger partial charge in [0.25, 0.3) is 5.91 Å². The van der Waals surface area contributed by atoms with Crippen LogP contribution in [0.5, 0.6) is 11.5 Å². The zero-order chi connectivity index (χ0) is 19.9. The zero-order valence-corrected chi connectivity index (χ0v) is 16.0. The summed E-state index contributed by atoms with van der Waals surface area (Å²) in [5.74, 6) is 0.643. The van der Waals surface area contributed by atoms with E-state index < -0.39 is 0 Å². The average Bonchev–Trinajstić information content (AvgIpc) is 2.72. The van der Waals surface area contributed by atoms with Crippen molar-refractivity contribution in [1.29, 1.82) is 0 Å². The van der Waals surface area contributed by atoms with Crippen LogP contribution in [0.15, 0.2) is 60.7 Å². The molecule has 0 aliphatic carbocycles. The Hall–Kier alpha value is -3.34. The molecule has 0 bridgehead atoms. The summed E-state index contributed by atoms with van der Waals surface area (Å²) in [6.07, 6.45) is 0.741. The highest BCUT2D eigenvalue weighted by molar-refractivity contribution is 5.87. The van der Waals surface area contributed by atoms with Gasteiger partial charge in [0.05, 0.1) is 12.6 Å². The lowest BCUT2D eigenvalue weighted by Gasteiger charge is -2.17. The number of carbonyl (C=O) groups is 2. The predicted molar refractivity (Wildman–Crippen MR) is 109 cm³/mol. The van der Waals surface area contributed by atoms with Crippen molar-refractivity contribution < 1.29 is 19.1 Å². The van der Waals surface area contributed by atoms with Crippen molar-refractivity contribution in [3.05, 3.63) is 71.8 Å². The highest BCUT2D eigenvalue weighted by Gasteiger charge is 2.14. The van der Waals surface area contributed by atoms with E-state index >= 15 is 0 Å². The molecule has 0 fully saturated rings. The number of hydrogen-bond acceptors (Lipinski definition) is 4. The van der Waals surface area contributed by atoms with Gasteiger partial charge in [0.15, 0.2) is 18.1 Å². The van der Waals surface area contributed by atoms with Gasteiger partial charge in [-0.2, -0.15) is 0 Å². The van der Waals surface area contributed by atoms with Crippen LogP contribution in [-0.2, 0) is 4.79 Å². The summed E-state index contributed by atoms with van der Waals surface area (Å²) in [6, 6.07) is 18.8. The van der Waals surface area contributed by atoms with Crippen molar-refractivity contribution in [2.45, 2.75) is 19.9 Å². The molecule has 3 aromatic rings. The first-order chi connectivity index (χ1) is 13.6. The lowest BCUT2D eigenvalue weighted by atomic mass is 10.00. The molecular formula is C23H23NO4. The smallest absolute Gasteiger partial charge is 0.258 e. The van der Waals surface area contributed by atoms with E-state index in [4.69, 9.17) is 9.47 Å². The molecule has 3 aromatic carbocycles. The maximum atomic E-state index is 12.4. The number of ether oxygens (including phenoxy) is 2. The maximum Gasteiger partial charge on any atom is 0.258 e. The summed E-state index contributed by atoms with van der Waals surface area (Å²) in [5.41, 5.74) is 1.54. The lowest BCUT2D eigenvalue weighted by molar-refractivity contribution is -0.123. The molecule has 5 nitrogen and oxygen atoms in total. The first kappa shape index (κ1) is 19.4. The number of carbonyl (C=O) groups excluding carboxylic acids is 2. The van der Waals surface area contributed by atoms with Gasteiger partial charge in [-0.05, 0) is 48.4 Å².